The zero-order valence-corrected chi connectivity index (χ0v) is 60.8. The zero-order valence-electron chi connectivity index (χ0n) is 59.0. The second kappa shape index (κ2) is 67.1. The number of allylic oxidation sites excluding steroid dienone is 4. The van der Waals surface area contributed by atoms with Gasteiger partial charge in [0.25, 0.3) is 0 Å². The van der Waals surface area contributed by atoms with Crippen LogP contribution in [0.4, 0.5) is 0 Å². The van der Waals surface area contributed by atoms with Crippen molar-refractivity contribution in [3.63, 3.8) is 0 Å². The quantitative estimate of drug-likeness (QED) is 0.0169. The van der Waals surface area contributed by atoms with Crippen molar-refractivity contribution < 1.29 is 80.2 Å². The van der Waals surface area contributed by atoms with Crippen LogP contribution < -0.4 is 0 Å². The van der Waals surface area contributed by atoms with E-state index in [0.29, 0.717) is 25.7 Å². The average Bonchev–Trinajstić information content (AvgIpc) is 2.71. The van der Waals surface area contributed by atoms with Crippen LogP contribution in [-0.4, -0.2) is 96.7 Å². The van der Waals surface area contributed by atoms with Crippen LogP contribution in [0.1, 0.15) is 362 Å². The molecule has 2 unspecified atom stereocenters. The van der Waals surface area contributed by atoms with Crippen LogP contribution in [-0.2, 0) is 65.4 Å². The summed E-state index contributed by atoms with van der Waals surface area (Å²) in [4.78, 5) is 72.5. The van der Waals surface area contributed by atoms with Gasteiger partial charge in [0.1, 0.15) is 19.3 Å². The van der Waals surface area contributed by atoms with E-state index in [0.717, 1.165) is 116 Å². The molecule has 0 aromatic carbocycles. The predicted molar refractivity (Wildman–Crippen MR) is 372 cm³/mol. The Bertz CT molecular complexity index is 1850. The van der Waals surface area contributed by atoms with Crippen molar-refractivity contribution in [1.29, 1.82) is 0 Å². The van der Waals surface area contributed by atoms with Crippen molar-refractivity contribution in [3.05, 3.63) is 24.3 Å². The summed E-state index contributed by atoms with van der Waals surface area (Å²) in [5, 5.41) is 10.6. The molecule has 19 heteroatoms. The van der Waals surface area contributed by atoms with Crippen molar-refractivity contribution in [2.24, 2.45) is 0 Å². The number of hydrogen-bond donors (Lipinski definition) is 3. The molecule has 0 heterocycles. The van der Waals surface area contributed by atoms with E-state index in [-0.39, 0.29) is 25.7 Å². The third-order valence-corrected chi connectivity index (χ3v) is 18.4. The van der Waals surface area contributed by atoms with Crippen LogP contribution in [0.2, 0.25) is 0 Å². The van der Waals surface area contributed by atoms with E-state index in [1.54, 1.807) is 0 Å². The van der Waals surface area contributed by atoms with Gasteiger partial charge in [-0.25, -0.2) is 9.13 Å². The minimum atomic E-state index is -4.96. The lowest BCUT2D eigenvalue weighted by atomic mass is 10.0. The normalized spacial score (nSPS) is 14.1. The van der Waals surface area contributed by atoms with Gasteiger partial charge in [-0.3, -0.25) is 37.3 Å². The smallest absolute Gasteiger partial charge is 0.462 e. The van der Waals surface area contributed by atoms with Gasteiger partial charge in [0.05, 0.1) is 26.4 Å². The molecule has 0 amide bonds. The van der Waals surface area contributed by atoms with Crippen molar-refractivity contribution in [2.75, 3.05) is 39.6 Å². The Kier molecular flexibility index (Phi) is 65.3. The zero-order chi connectivity index (χ0) is 67.5. The molecule has 5 atom stereocenters. The standard InChI is InChI=1S/C73H138O17P2/c1-5-9-13-17-21-25-27-29-31-32-33-34-35-37-39-41-44-48-52-56-60-73(78)90-69(64-84-71(76)58-54-50-46-43-40-38-36-30-28-26-22-18-14-10-6-2)66-88-92(81,82)86-62-67(74)61-85-91(79,80)87-65-68(63-83-70(75)57-53-49-45-24-20-16-12-8-4)89-72(77)59-55-51-47-42-23-19-15-11-7-3/h26,28,30,36,67-69,74H,5-25,27,29,31-35,37-66H2,1-4H3,(H,79,80)(H,81,82)/b28-26-,36-30-/t67-,68+,69+/m0/s1. The van der Waals surface area contributed by atoms with E-state index in [4.69, 9.17) is 37.0 Å². The third-order valence-electron chi connectivity index (χ3n) is 16.5. The summed E-state index contributed by atoms with van der Waals surface area (Å²) in [6.07, 6.45) is 59.3. The van der Waals surface area contributed by atoms with Gasteiger partial charge in [-0.05, 0) is 51.4 Å². The topological polar surface area (TPSA) is 237 Å². The maximum absolute atomic E-state index is 13.0. The summed E-state index contributed by atoms with van der Waals surface area (Å²) < 4.78 is 68.2. The summed E-state index contributed by atoms with van der Waals surface area (Å²) in [6, 6.07) is 0. The van der Waals surface area contributed by atoms with Gasteiger partial charge in [0, 0.05) is 25.7 Å². The molecule has 0 aliphatic heterocycles. The molecule has 92 heavy (non-hydrogen) atoms. The molecule has 3 N–H and O–H groups in total. The number of phosphoric ester groups is 2. The Morgan fingerprint density at radius 3 is 0.793 bits per heavy atom. The van der Waals surface area contributed by atoms with Crippen LogP contribution in [0, 0.1) is 0 Å². The summed E-state index contributed by atoms with van der Waals surface area (Å²) in [5.74, 6) is -2.15. The van der Waals surface area contributed by atoms with Gasteiger partial charge in [-0.2, -0.15) is 0 Å². The Morgan fingerprint density at radius 1 is 0.304 bits per heavy atom. The predicted octanol–water partition coefficient (Wildman–Crippen LogP) is 21.0. The number of unbranched alkanes of at least 4 members (excludes halogenated alkanes) is 43. The Labute approximate surface area is 561 Å². The molecule has 0 aromatic rings. The molecule has 17 nitrogen and oxygen atoms in total. The maximum atomic E-state index is 13.0. The molecular formula is C73H138O17P2. The first-order valence-electron chi connectivity index (χ1n) is 37.6. The third kappa shape index (κ3) is 66.2. The highest BCUT2D eigenvalue weighted by Gasteiger charge is 2.30. The Hall–Kier alpha value is -2.46. The lowest BCUT2D eigenvalue weighted by Crippen LogP contribution is -2.30. The van der Waals surface area contributed by atoms with E-state index in [1.165, 1.54) is 167 Å². The fourth-order valence-corrected chi connectivity index (χ4v) is 12.3. The first-order valence-corrected chi connectivity index (χ1v) is 40.6. The molecule has 0 spiro atoms. The summed E-state index contributed by atoms with van der Waals surface area (Å²) in [6.45, 7) is 4.85. The van der Waals surface area contributed by atoms with Gasteiger partial charge >= 0.3 is 39.5 Å². The molecule has 542 valence electrons. The fourth-order valence-electron chi connectivity index (χ4n) is 10.7. The van der Waals surface area contributed by atoms with Gasteiger partial charge in [0.2, 0.25) is 0 Å². The number of hydrogen-bond acceptors (Lipinski definition) is 15. The Morgan fingerprint density at radius 2 is 0.522 bits per heavy atom. The maximum Gasteiger partial charge on any atom is 0.472 e. The summed E-state index contributed by atoms with van der Waals surface area (Å²) in [7, 11) is -9.91. The lowest BCUT2D eigenvalue weighted by Gasteiger charge is -2.21. The number of carbonyl (C=O) groups excluding carboxylic acids is 4. The summed E-state index contributed by atoms with van der Waals surface area (Å²) in [5.41, 5.74) is 0. The SMILES string of the molecule is CCCCCC/C=C\C=C/CCCCCCCC(=O)OC[C@H](COP(=O)(O)OC[C@@H](O)COP(=O)(O)OC[C@@H](COC(=O)CCCCCCCCCC)OC(=O)CCCCCCCCCCC)OC(=O)CCCCCCCCCCCCCCCCCCCCCC. The van der Waals surface area contributed by atoms with Crippen LogP contribution in [0.25, 0.3) is 0 Å². The van der Waals surface area contributed by atoms with E-state index >= 15 is 0 Å². The lowest BCUT2D eigenvalue weighted by molar-refractivity contribution is -0.161. The number of phosphoric acid groups is 2. The number of ether oxygens (including phenoxy) is 4. The number of rotatable bonds is 72. The minimum Gasteiger partial charge on any atom is -0.462 e. The second-order valence-electron chi connectivity index (χ2n) is 25.6. The fraction of sp³-hybridized carbons (Fsp3) is 0.890. The minimum absolute atomic E-state index is 0.102. The van der Waals surface area contributed by atoms with Gasteiger partial charge in [-0.1, -0.05) is 309 Å². The monoisotopic (exact) mass is 1350 g/mol. The highest BCUT2D eigenvalue weighted by atomic mass is 31.2. The van der Waals surface area contributed by atoms with Gasteiger partial charge in [-0.15, -0.1) is 0 Å². The van der Waals surface area contributed by atoms with Gasteiger partial charge in [0.15, 0.2) is 12.2 Å². The van der Waals surface area contributed by atoms with E-state index < -0.39 is 97.5 Å². The first kappa shape index (κ1) is 89.5. The number of carbonyl (C=O) groups is 4. The molecule has 0 saturated carbocycles. The molecule has 0 aromatic heterocycles. The number of aliphatic hydroxyl groups is 1. The van der Waals surface area contributed by atoms with Crippen molar-refractivity contribution in [2.45, 2.75) is 380 Å². The first-order chi connectivity index (χ1) is 44.7. The molecule has 0 saturated heterocycles. The van der Waals surface area contributed by atoms with Crippen molar-refractivity contribution >= 4 is 39.5 Å². The van der Waals surface area contributed by atoms with E-state index in [1.807, 2.05) is 0 Å². The van der Waals surface area contributed by atoms with Crippen LogP contribution in [0.5, 0.6) is 0 Å². The average molecular weight is 1350 g/mol. The van der Waals surface area contributed by atoms with Crippen LogP contribution in [0.15, 0.2) is 24.3 Å². The molecule has 0 bridgehead atoms. The molecule has 0 fully saturated rings. The number of esters is 4. The molecule has 0 aliphatic rings. The molecule has 0 aliphatic carbocycles. The highest BCUT2D eigenvalue weighted by Crippen LogP contribution is 2.45. The summed E-state index contributed by atoms with van der Waals surface area (Å²) >= 11 is 0. The van der Waals surface area contributed by atoms with Gasteiger partial charge < -0.3 is 33.8 Å². The van der Waals surface area contributed by atoms with Crippen molar-refractivity contribution in [3.8, 4) is 0 Å². The second-order valence-corrected chi connectivity index (χ2v) is 28.6. The molecular weight excluding hydrogens is 1210 g/mol. The van der Waals surface area contributed by atoms with Crippen LogP contribution >= 0.6 is 15.6 Å². The largest absolute Gasteiger partial charge is 0.472 e. The Balaban J connectivity index is 5.20. The van der Waals surface area contributed by atoms with Crippen molar-refractivity contribution in [1.82, 2.24) is 0 Å². The van der Waals surface area contributed by atoms with E-state index in [2.05, 4.69) is 52.0 Å². The number of aliphatic hydroxyl groups excluding tert-OH is 1. The molecule has 0 radical (unpaired) electrons. The van der Waals surface area contributed by atoms with Crippen LogP contribution in [0.3, 0.4) is 0 Å². The van der Waals surface area contributed by atoms with E-state index in [9.17, 15) is 43.2 Å². The molecule has 0 rings (SSSR count). The highest BCUT2D eigenvalue weighted by molar-refractivity contribution is 7.47.